The third-order valence-corrected chi connectivity index (χ3v) is 12.8. The van der Waals surface area contributed by atoms with Gasteiger partial charge in [-0.15, -0.1) is 10.5 Å². The Morgan fingerprint density at radius 2 is 0.312 bits per heavy atom. The van der Waals surface area contributed by atoms with Gasteiger partial charge in [-0.1, -0.05) is 231 Å². The summed E-state index contributed by atoms with van der Waals surface area (Å²) in [6.45, 7) is 0. The van der Waals surface area contributed by atoms with Gasteiger partial charge in [-0.25, -0.2) is 0 Å². The van der Waals surface area contributed by atoms with Gasteiger partial charge in [0.05, 0.1) is 42.7 Å². The van der Waals surface area contributed by atoms with E-state index in [1.54, 1.807) is 36.8 Å². The number of methoxy groups -OCH3 is 6. The molecule has 10 aromatic carbocycles. The van der Waals surface area contributed by atoms with Gasteiger partial charge in [0, 0.05) is 164 Å². The summed E-state index contributed by atoms with van der Waals surface area (Å²) in [6.07, 6.45) is 31.9. The molecule has 0 aliphatic rings. The Hall–Kier alpha value is -9.24. The van der Waals surface area contributed by atoms with Crippen LogP contribution in [0, 0.1) is 154 Å². The molecule has 10 aromatic rings. The Labute approximate surface area is 793 Å². The maximum atomic E-state index is 8.40. The van der Waals surface area contributed by atoms with Crippen molar-refractivity contribution in [2.24, 2.45) is 0 Å². The molecule has 10 rings (SSSR count). The van der Waals surface area contributed by atoms with E-state index in [1.165, 1.54) is 125 Å². The minimum atomic E-state index is 0. The van der Waals surface area contributed by atoms with Crippen LogP contribution in [0.1, 0.15) is 66.8 Å². The average Bonchev–Trinajstić information content (AvgIpc) is 0.894. The van der Waals surface area contributed by atoms with Gasteiger partial charge in [-0.05, 0) is 154 Å². The van der Waals surface area contributed by atoms with E-state index >= 15 is 0 Å². The zero-order valence-corrected chi connectivity index (χ0v) is 79.5. The van der Waals surface area contributed by atoms with Gasteiger partial charge >= 0.3 is 0 Å². The van der Waals surface area contributed by atoms with Gasteiger partial charge in [0.15, 0.2) is 0 Å². The molecular formula is C89H91N8O10Y5-5. The predicted molar refractivity (Wildman–Crippen MR) is 420 cm³/mol. The zero-order valence-electron chi connectivity index (χ0n) is 65.3. The van der Waals surface area contributed by atoms with Crippen molar-refractivity contribution < 1.29 is 211 Å². The fourth-order valence-electron chi connectivity index (χ4n) is 8.29. The van der Waals surface area contributed by atoms with Crippen LogP contribution < -0.4 is 18.9 Å². The zero-order chi connectivity index (χ0) is 74.7. The molecule has 567 valence electrons. The summed E-state index contributed by atoms with van der Waals surface area (Å²) in [5.74, 6) is 2.40. The van der Waals surface area contributed by atoms with E-state index < -0.39 is 0 Å². The molecule has 0 atom stereocenters. The molecule has 0 bridgehead atoms. The number of ether oxygens (including phenoxy) is 10. The molecule has 0 spiro atoms. The third kappa shape index (κ3) is 64.4. The fourth-order valence-corrected chi connectivity index (χ4v) is 8.29. The van der Waals surface area contributed by atoms with Crippen molar-refractivity contribution in [3.8, 4) is 98.1 Å². The first-order valence-corrected chi connectivity index (χ1v) is 30.5. The van der Waals surface area contributed by atoms with E-state index in [0.717, 1.165) is 60.8 Å². The standard InChI is InChI=1S/2C20H18.2C16H11NO2.6C2H3NO.5CH3.5Y/c2*1-3-7-17(8-4-1)15-19-11-13-20(14-12-19)16-18-9-5-2-6-10-18;2*1-2-18-15-7-3-13(4-8-15)11-14-5-9-16(10-6-14)19-12-17;6*1-4-2-3;;;;;;;;;;/h2*1-14H,15-16H2;2*1,3-10H,11H2;6*1H3;5*1H3;;;;;/q;;;;;;;;;;5*-1;;;;;. The molecule has 5 radical (unpaired) electrons. The Kier molecular flexibility index (Phi) is 96.4. The first kappa shape index (κ1) is 124. The topological polar surface area (TPSA) is 283 Å². The van der Waals surface area contributed by atoms with Crippen LogP contribution in [0.2, 0.25) is 0 Å². The summed E-state index contributed by atoms with van der Waals surface area (Å²) < 4.78 is 42.4. The van der Waals surface area contributed by atoms with Crippen LogP contribution in [0.15, 0.2) is 267 Å². The average molecular weight is 1880 g/mol. The van der Waals surface area contributed by atoms with Gasteiger partial charge in [0.1, 0.15) is 35.2 Å². The fraction of sp³-hybridized carbons (Fsp3) is 0.135. The number of benzene rings is 10. The number of nitriles is 8. The van der Waals surface area contributed by atoms with E-state index in [0.29, 0.717) is 23.0 Å². The second-order valence-electron chi connectivity index (χ2n) is 19.8. The molecule has 23 heteroatoms. The molecule has 18 nitrogen and oxygen atoms in total. The van der Waals surface area contributed by atoms with Crippen molar-refractivity contribution >= 4 is 0 Å². The van der Waals surface area contributed by atoms with Gasteiger partial charge in [0.2, 0.25) is 0 Å². The van der Waals surface area contributed by atoms with Crippen LogP contribution in [0.4, 0.5) is 0 Å². The van der Waals surface area contributed by atoms with Crippen LogP contribution in [-0.4, -0.2) is 42.7 Å². The van der Waals surface area contributed by atoms with Crippen molar-refractivity contribution in [2.75, 3.05) is 42.7 Å². The van der Waals surface area contributed by atoms with Crippen molar-refractivity contribution in [3.05, 3.63) is 371 Å². The summed E-state index contributed by atoms with van der Waals surface area (Å²) >= 11 is 0. The molecule has 0 N–H and O–H groups in total. The number of rotatable bonds is 16. The van der Waals surface area contributed by atoms with E-state index in [9.17, 15) is 0 Å². The molecule has 0 heterocycles. The van der Waals surface area contributed by atoms with Gasteiger partial charge in [-0.3, -0.25) is 0 Å². The predicted octanol–water partition coefficient (Wildman–Crippen LogP) is 18.9. The second-order valence-corrected chi connectivity index (χ2v) is 19.8. The Balaban J connectivity index is -0.000000137. The SMILES string of the molecule is C#COc1ccc(Cc2ccc(OC#N)cc2)cc1.C#COc1ccc(Cc2ccc(OC#N)cc2)cc1.COC#N.COC#N.COC#N.COC#N.COC#N.COC#N.[CH3-].[CH3-].[CH3-].[CH3-].[CH3-].[Y].[Y].[Y].[Y].[Y].c1ccc(Cc2ccc(Cc3ccccc3)cc2)cc1.c1ccc(Cc2ccc(Cc3ccccc3)cc2)cc1. The minimum Gasteiger partial charge on any atom is -0.431 e. The summed E-state index contributed by atoms with van der Waals surface area (Å²) in [7, 11) is 7.92. The van der Waals surface area contributed by atoms with Crippen molar-refractivity contribution in [1.82, 2.24) is 0 Å². The first-order valence-electron chi connectivity index (χ1n) is 30.5. The first-order chi connectivity index (χ1) is 49.9. The quantitative estimate of drug-likeness (QED) is 0.0493. The molecule has 0 saturated heterocycles. The largest absolute Gasteiger partial charge is 0.431 e. The third-order valence-electron chi connectivity index (χ3n) is 12.8. The van der Waals surface area contributed by atoms with Crippen molar-refractivity contribution in [2.45, 2.75) is 38.5 Å². The van der Waals surface area contributed by atoms with Crippen LogP contribution in [0.25, 0.3) is 0 Å². The van der Waals surface area contributed by atoms with Crippen molar-refractivity contribution in [3.63, 3.8) is 0 Å². The summed E-state index contributed by atoms with van der Waals surface area (Å²) in [4.78, 5) is 0. The number of hydrogen-bond acceptors (Lipinski definition) is 18. The monoisotopic (exact) mass is 1880 g/mol. The van der Waals surface area contributed by atoms with Crippen LogP contribution in [-0.2, 0) is 230 Å². The molecule has 0 amide bonds. The van der Waals surface area contributed by atoms with Gasteiger partial charge in [-0.2, -0.15) is 31.6 Å². The van der Waals surface area contributed by atoms with Gasteiger partial charge < -0.3 is 84.5 Å². The summed E-state index contributed by atoms with van der Waals surface area (Å²) in [6, 6.07) is 90.4. The Bertz CT molecular complexity index is 3700. The number of terminal acetylenes is 2. The summed E-state index contributed by atoms with van der Waals surface area (Å²) in [5.41, 5.74) is 15.5. The van der Waals surface area contributed by atoms with Crippen molar-refractivity contribution in [1.29, 1.82) is 42.1 Å². The van der Waals surface area contributed by atoms with E-state index in [1.807, 2.05) is 72.8 Å². The number of nitrogens with zero attached hydrogens (tertiary/aromatic N) is 8. The summed E-state index contributed by atoms with van der Waals surface area (Å²) in [5, 5.41) is 61.2. The molecule has 0 unspecified atom stereocenters. The molecule has 0 fully saturated rings. The van der Waals surface area contributed by atoms with Crippen LogP contribution in [0.5, 0.6) is 23.0 Å². The molecule has 0 aliphatic carbocycles. The second kappa shape index (κ2) is 87.3. The smallest absolute Gasteiger partial charge is 0.292 e. The Morgan fingerprint density at radius 1 is 0.196 bits per heavy atom. The molecular weight excluding hydrogens is 1790 g/mol. The van der Waals surface area contributed by atoms with E-state index in [-0.39, 0.29) is 201 Å². The maximum absolute atomic E-state index is 8.40. The van der Waals surface area contributed by atoms with Crippen LogP contribution in [0.3, 0.4) is 0 Å². The molecule has 0 aromatic heterocycles. The van der Waals surface area contributed by atoms with Gasteiger partial charge in [0.25, 0.3) is 50.0 Å². The van der Waals surface area contributed by atoms with E-state index in [4.69, 9.17) is 73.9 Å². The number of hydrogen-bond donors (Lipinski definition) is 0. The normalized spacial score (nSPS) is 7.68. The van der Waals surface area contributed by atoms with Crippen LogP contribution >= 0.6 is 0 Å². The maximum Gasteiger partial charge on any atom is 0.292 e. The molecule has 112 heavy (non-hydrogen) atoms. The minimum absolute atomic E-state index is 0. The molecule has 0 aliphatic heterocycles. The molecule has 0 saturated carbocycles. The van der Waals surface area contributed by atoms with E-state index in [2.05, 4.69) is 210 Å². The Morgan fingerprint density at radius 3 is 0.429 bits per heavy atom.